The van der Waals surface area contributed by atoms with Crippen molar-refractivity contribution in [2.75, 3.05) is 6.54 Å². The molecular formula is C13H13BrN2O2S. The van der Waals surface area contributed by atoms with E-state index < -0.39 is 0 Å². The molecule has 0 saturated carbocycles. The number of halogens is 1. The number of aromatic amines is 1. The van der Waals surface area contributed by atoms with E-state index >= 15 is 0 Å². The molecule has 2 aromatic rings. The molecule has 0 aliphatic carbocycles. The highest BCUT2D eigenvalue weighted by Gasteiger charge is 2.09. The third-order valence-corrected chi connectivity index (χ3v) is 4.27. The van der Waals surface area contributed by atoms with Crippen LogP contribution in [0.15, 0.2) is 33.0 Å². The van der Waals surface area contributed by atoms with Crippen molar-refractivity contribution < 1.29 is 4.79 Å². The van der Waals surface area contributed by atoms with Crippen molar-refractivity contribution in [2.24, 2.45) is 0 Å². The lowest BCUT2D eigenvalue weighted by atomic mass is 10.2. The van der Waals surface area contributed by atoms with E-state index in [1.54, 1.807) is 18.3 Å². The first-order valence-corrected chi connectivity index (χ1v) is 7.39. The predicted octanol–water partition coefficient (Wildman–Crippen LogP) is 2.48. The Balaban J connectivity index is 1.92. The van der Waals surface area contributed by atoms with Gasteiger partial charge in [-0.1, -0.05) is 0 Å². The van der Waals surface area contributed by atoms with E-state index in [-0.39, 0.29) is 16.9 Å². The molecule has 2 rings (SSSR count). The minimum atomic E-state index is -0.336. The number of H-pyrrole nitrogens is 1. The van der Waals surface area contributed by atoms with Gasteiger partial charge in [0.25, 0.3) is 5.91 Å². The van der Waals surface area contributed by atoms with Crippen LogP contribution in [0.3, 0.4) is 0 Å². The van der Waals surface area contributed by atoms with Gasteiger partial charge in [0.1, 0.15) is 5.56 Å². The fourth-order valence-corrected chi connectivity index (χ4v) is 3.11. The number of amides is 1. The molecule has 0 bridgehead atoms. The zero-order chi connectivity index (χ0) is 13.8. The molecule has 0 unspecified atom stereocenters. The molecule has 0 atom stereocenters. The van der Waals surface area contributed by atoms with Gasteiger partial charge in [-0.15, -0.1) is 11.3 Å². The summed E-state index contributed by atoms with van der Waals surface area (Å²) in [6.45, 7) is 2.29. The van der Waals surface area contributed by atoms with Crippen LogP contribution in [0.5, 0.6) is 0 Å². The van der Waals surface area contributed by atoms with E-state index in [4.69, 9.17) is 0 Å². The molecule has 0 spiro atoms. The number of carbonyl (C=O) groups is 1. The highest BCUT2D eigenvalue weighted by Crippen LogP contribution is 2.21. The van der Waals surface area contributed by atoms with E-state index in [1.165, 1.54) is 17.1 Å². The topological polar surface area (TPSA) is 62.0 Å². The summed E-state index contributed by atoms with van der Waals surface area (Å²) >= 11 is 5.03. The van der Waals surface area contributed by atoms with Crippen molar-refractivity contribution >= 4 is 33.2 Å². The summed E-state index contributed by atoms with van der Waals surface area (Å²) in [5.41, 5.74) is 0.635. The minimum Gasteiger partial charge on any atom is -0.364 e. The van der Waals surface area contributed by atoms with Gasteiger partial charge >= 0.3 is 0 Å². The second-order valence-electron chi connectivity index (χ2n) is 4.11. The number of pyridine rings is 1. The molecule has 2 N–H and O–H groups in total. The van der Waals surface area contributed by atoms with Crippen LogP contribution in [0, 0.1) is 6.92 Å². The number of nitrogens with one attached hydrogen (secondary N) is 2. The highest BCUT2D eigenvalue weighted by atomic mass is 79.9. The molecule has 100 valence electrons. The quantitative estimate of drug-likeness (QED) is 0.898. The number of rotatable bonds is 4. The SMILES string of the molecule is Cc1cc(=O)c(C(=O)NCCc2ccc(Br)s2)c[nH]1. The van der Waals surface area contributed by atoms with E-state index in [9.17, 15) is 9.59 Å². The van der Waals surface area contributed by atoms with Gasteiger partial charge in [0.2, 0.25) is 0 Å². The van der Waals surface area contributed by atoms with Crippen LogP contribution in [0.4, 0.5) is 0 Å². The maximum absolute atomic E-state index is 11.8. The van der Waals surface area contributed by atoms with E-state index in [1.807, 2.05) is 12.1 Å². The normalized spacial score (nSPS) is 10.4. The van der Waals surface area contributed by atoms with Gasteiger partial charge in [0, 0.05) is 29.4 Å². The van der Waals surface area contributed by atoms with Crippen molar-refractivity contribution in [2.45, 2.75) is 13.3 Å². The largest absolute Gasteiger partial charge is 0.364 e. The average molecular weight is 341 g/mol. The monoisotopic (exact) mass is 340 g/mol. The Kier molecular flexibility index (Phi) is 4.55. The minimum absolute atomic E-state index is 0.151. The van der Waals surface area contributed by atoms with Gasteiger partial charge in [0.15, 0.2) is 5.43 Å². The molecule has 0 radical (unpaired) electrons. The van der Waals surface area contributed by atoms with Crippen LogP contribution in [-0.4, -0.2) is 17.4 Å². The molecule has 0 aliphatic rings. The van der Waals surface area contributed by atoms with E-state index in [0.29, 0.717) is 6.54 Å². The van der Waals surface area contributed by atoms with Gasteiger partial charge < -0.3 is 10.3 Å². The van der Waals surface area contributed by atoms with Gasteiger partial charge in [-0.3, -0.25) is 9.59 Å². The van der Waals surface area contributed by atoms with Crippen molar-refractivity contribution in [1.29, 1.82) is 0 Å². The summed E-state index contributed by atoms with van der Waals surface area (Å²) in [6, 6.07) is 5.41. The Bertz CT molecular complexity index is 648. The summed E-state index contributed by atoms with van der Waals surface area (Å²) in [5, 5.41) is 2.75. The molecule has 0 saturated heterocycles. The number of carbonyl (C=O) groups excluding carboxylic acids is 1. The third kappa shape index (κ3) is 3.78. The lowest BCUT2D eigenvalue weighted by Gasteiger charge is -2.04. The predicted molar refractivity (Wildman–Crippen MR) is 79.9 cm³/mol. The first-order valence-electron chi connectivity index (χ1n) is 5.78. The molecule has 4 nitrogen and oxygen atoms in total. The van der Waals surface area contributed by atoms with Crippen LogP contribution in [0.25, 0.3) is 0 Å². The fourth-order valence-electron chi connectivity index (χ4n) is 1.63. The lowest BCUT2D eigenvalue weighted by Crippen LogP contribution is -2.30. The fraction of sp³-hybridized carbons (Fsp3) is 0.231. The first-order chi connectivity index (χ1) is 9.06. The maximum Gasteiger partial charge on any atom is 0.256 e. The van der Waals surface area contributed by atoms with Crippen LogP contribution in [0.2, 0.25) is 0 Å². The van der Waals surface area contributed by atoms with Gasteiger partial charge in [-0.05, 0) is 41.4 Å². The Hall–Kier alpha value is -1.40. The van der Waals surface area contributed by atoms with Crippen LogP contribution < -0.4 is 10.7 Å². The molecular weight excluding hydrogens is 328 g/mol. The molecule has 0 aromatic carbocycles. The van der Waals surface area contributed by atoms with E-state index in [0.717, 1.165) is 15.9 Å². The maximum atomic E-state index is 11.8. The third-order valence-electron chi connectivity index (χ3n) is 2.59. The summed E-state index contributed by atoms with van der Waals surface area (Å²) in [6.07, 6.45) is 2.21. The molecule has 0 aliphatic heterocycles. The Morgan fingerprint density at radius 2 is 2.26 bits per heavy atom. The summed E-state index contributed by atoms with van der Waals surface area (Å²) < 4.78 is 1.07. The highest BCUT2D eigenvalue weighted by molar-refractivity contribution is 9.11. The number of hydrogen-bond donors (Lipinski definition) is 2. The first kappa shape index (κ1) is 14.0. The molecule has 1 amide bonds. The second-order valence-corrected chi connectivity index (χ2v) is 6.65. The standard InChI is InChI=1S/C13H13BrN2O2S/c1-8-6-11(17)10(7-16-8)13(18)15-5-4-9-2-3-12(14)19-9/h2-3,6-7H,4-5H2,1H3,(H,15,18)(H,16,17). The summed E-state index contributed by atoms with van der Waals surface area (Å²) in [7, 11) is 0. The van der Waals surface area contributed by atoms with Gasteiger partial charge in [-0.2, -0.15) is 0 Å². The zero-order valence-corrected chi connectivity index (χ0v) is 12.7. The molecule has 19 heavy (non-hydrogen) atoms. The second kappa shape index (κ2) is 6.16. The van der Waals surface area contributed by atoms with Crippen LogP contribution >= 0.6 is 27.3 Å². The molecule has 6 heteroatoms. The molecule has 0 fully saturated rings. The Labute approximate surface area is 123 Å². The van der Waals surface area contributed by atoms with Crippen molar-refractivity contribution in [3.05, 3.63) is 54.5 Å². The van der Waals surface area contributed by atoms with E-state index in [2.05, 4.69) is 26.2 Å². The number of thiophene rings is 1. The zero-order valence-electron chi connectivity index (χ0n) is 10.3. The lowest BCUT2D eigenvalue weighted by molar-refractivity contribution is 0.0953. The Morgan fingerprint density at radius 3 is 2.89 bits per heavy atom. The van der Waals surface area contributed by atoms with Crippen LogP contribution in [-0.2, 0) is 6.42 Å². The number of aryl methyl sites for hydroxylation is 1. The molecule has 2 heterocycles. The smallest absolute Gasteiger partial charge is 0.256 e. The van der Waals surface area contributed by atoms with Crippen molar-refractivity contribution in [1.82, 2.24) is 10.3 Å². The molecule has 2 aromatic heterocycles. The van der Waals surface area contributed by atoms with Gasteiger partial charge in [0.05, 0.1) is 3.79 Å². The van der Waals surface area contributed by atoms with Crippen molar-refractivity contribution in [3.8, 4) is 0 Å². The number of aromatic nitrogens is 1. The summed E-state index contributed by atoms with van der Waals surface area (Å²) in [4.78, 5) is 27.5. The Morgan fingerprint density at radius 1 is 1.47 bits per heavy atom. The van der Waals surface area contributed by atoms with Crippen LogP contribution in [0.1, 0.15) is 20.9 Å². The van der Waals surface area contributed by atoms with Crippen molar-refractivity contribution in [3.63, 3.8) is 0 Å². The van der Waals surface area contributed by atoms with Gasteiger partial charge in [-0.25, -0.2) is 0 Å². The summed E-state index contributed by atoms with van der Waals surface area (Å²) in [5.74, 6) is -0.336. The number of hydrogen-bond acceptors (Lipinski definition) is 3. The average Bonchev–Trinajstić information content (AvgIpc) is 2.75.